The van der Waals surface area contributed by atoms with Crippen molar-refractivity contribution in [2.75, 3.05) is 6.54 Å². The van der Waals surface area contributed by atoms with Crippen LogP contribution in [0.25, 0.3) is 5.32 Å². The van der Waals surface area contributed by atoms with E-state index in [2.05, 4.69) is 25.3 Å². The quantitative estimate of drug-likeness (QED) is 0.190. The van der Waals surface area contributed by atoms with Crippen LogP contribution >= 0.6 is 11.8 Å². The first kappa shape index (κ1) is 29.7. The molecule has 0 spiro atoms. The molecule has 5 nitrogen and oxygen atoms in total. The van der Waals surface area contributed by atoms with Gasteiger partial charge in [-0.25, -0.2) is 6.42 Å². The normalized spacial score (nSPS) is 32.5. The van der Waals surface area contributed by atoms with Gasteiger partial charge in [-0.15, -0.1) is 30.8 Å². The van der Waals surface area contributed by atoms with Gasteiger partial charge in [-0.05, 0) is 79.3 Å². The fourth-order valence-electron chi connectivity index (χ4n) is 6.80. The van der Waals surface area contributed by atoms with Crippen molar-refractivity contribution in [2.24, 2.45) is 34.1 Å². The monoisotopic (exact) mass is 796 g/mol. The van der Waals surface area contributed by atoms with Gasteiger partial charge in [-0.2, -0.15) is 5.57 Å². The molecule has 43 heavy (non-hydrogen) atoms. The summed E-state index contributed by atoms with van der Waals surface area (Å²) < 4.78 is 47.0. The van der Waals surface area contributed by atoms with Crippen LogP contribution in [0.2, 0.25) is 0 Å². The number of allylic oxidation sites excluding steroid dienone is 2. The summed E-state index contributed by atoms with van der Waals surface area (Å²) in [6.07, 6.45) is 9.51. The molecule has 4 aliphatic heterocycles. The molecule has 1 aliphatic carbocycles. The first-order valence-corrected chi connectivity index (χ1v) is 17.2. The summed E-state index contributed by atoms with van der Waals surface area (Å²) in [6, 6.07) is 0.0412. The molecule has 0 aromatic rings. The number of nitrogens with zero attached hydrogens (tertiary/aromatic N) is 2. The van der Waals surface area contributed by atoms with Crippen molar-refractivity contribution < 1.29 is 41.9 Å². The van der Waals surface area contributed by atoms with Crippen molar-refractivity contribution in [2.45, 2.75) is 143 Å². The first-order chi connectivity index (χ1) is 21.9. The molecular formula is C36H58IrN2O3S-2. The van der Waals surface area contributed by atoms with Gasteiger partial charge in [0.1, 0.15) is 0 Å². The Morgan fingerprint density at radius 3 is 2.63 bits per heavy atom. The van der Waals surface area contributed by atoms with E-state index in [4.69, 9.17) is 16.9 Å². The fourth-order valence-corrected chi connectivity index (χ4v) is 8.41. The molecule has 4 heterocycles. The van der Waals surface area contributed by atoms with E-state index in [-0.39, 0.29) is 55.4 Å². The topological polar surface area (TPSA) is 76.2 Å². The van der Waals surface area contributed by atoms with E-state index < -0.39 is 24.7 Å². The Labute approximate surface area is 287 Å². The minimum Gasteiger partial charge on any atom is -0.654 e. The van der Waals surface area contributed by atoms with Crippen LogP contribution < -0.4 is 0 Å². The van der Waals surface area contributed by atoms with E-state index >= 15 is 0 Å². The maximum Gasteiger partial charge on any atom is 0.171 e. The zero-order valence-electron chi connectivity index (χ0n) is 32.3. The number of hydrogen-bond acceptors (Lipinski definition) is 5. The fraction of sp³-hybridized carbons (Fsp3) is 0.778. The Morgan fingerprint density at radius 2 is 1.98 bits per heavy atom. The largest absolute Gasteiger partial charge is 0.654 e. The predicted molar refractivity (Wildman–Crippen MR) is 179 cm³/mol. The van der Waals surface area contributed by atoms with Gasteiger partial charge < -0.3 is 20.3 Å². The van der Waals surface area contributed by atoms with E-state index in [9.17, 15) is 10.2 Å². The number of aliphatic hydroxyl groups excluding tert-OH is 2. The third kappa shape index (κ3) is 9.41. The number of rotatable bonds is 8. The van der Waals surface area contributed by atoms with Crippen LogP contribution in [0.5, 0.6) is 0 Å². The molecule has 1 saturated heterocycles. The molecule has 1 fully saturated rings. The number of thioether (sulfide) groups is 1. The molecule has 2 N–H and O–H groups in total. The average molecular weight is 796 g/mol. The summed E-state index contributed by atoms with van der Waals surface area (Å²) in [5, 5.41) is 24.4. The van der Waals surface area contributed by atoms with Crippen LogP contribution in [-0.2, 0) is 24.8 Å². The number of aliphatic imine (C=N–C) groups is 1. The van der Waals surface area contributed by atoms with Crippen molar-refractivity contribution in [3.8, 4) is 0 Å². The minimum absolute atomic E-state index is 0. The van der Waals surface area contributed by atoms with Gasteiger partial charge in [0, 0.05) is 49.8 Å². The maximum atomic E-state index is 9.79. The average Bonchev–Trinajstić information content (AvgIpc) is 3.62. The molecule has 0 aromatic heterocycles. The predicted octanol–water partition coefficient (Wildman–Crippen LogP) is 9.69. The van der Waals surface area contributed by atoms with Crippen molar-refractivity contribution in [3.63, 3.8) is 0 Å². The Morgan fingerprint density at radius 1 is 1.23 bits per heavy atom. The van der Waals surface area contributed by atoms with Gasteiger partial charge in [0.25, 0.3) is 0 Å². The molecule has 7 atom stereocenters. The summed E-state index contributed by atoms with van der Waals surface area (Å²) in [7, 11) is 0. The minimum atomic E-state index is -2.14. The number of aliphatic hydroxyl groups is 2. The molecule has 0 aromatic carbocycles. The van der Waals surface area contributed by atoms with Crippen molar-refractivity contribution in [1.29, 1.82) is 0 Å². The Kier molecular flexibility index (Phi) is 11.2. The summed E-state index contributed by atoms with van der Waals surface area (Å²) in [5.74, 6) is 2.31. The van der Waals surface area contributed by atoms with Crippen LogP contribution in [0.3, 0.4) is 0 Å². The van der Waals surface area contributed by atoms with Gasteiger partial charge >= 0.3 is 0 Å². The van der Waals surface area contributed by atoms with Crippen molar-refractivity contribution in [1.82, 2.24) is 0 Å². The zero-order valence-corrected chi connectivity index (χ0v) is 30.5. The second kappa shape index (κ2) is 16.2. The number of hydrogen-bond donors (Lipinski definition) is 2. The molecule has 5 rings (SSSR count). The first-order valence-electron chi connectivity index (χ1n) is 18.9. The molecule has 2 unspecified atom stereocenters. The van der Waals surface area contributed by atoms with Gasteiger partial charge in [0.05, 0.1) is 11.9 Å². The van der Waals surface area contributed by atoms with Gasteiger partial charge in [0.15, 0.2) is 6.23 Å². The van der Waals surface area contributed by atoms with Crippen LogP contribution in [0.1, 0.15) is 126 Å². The van der Waals surface area contributed by atoms with Crippen LogP contribution in [0.4, 0.5) is 0 Å². The molecule has 0 bridgehead atoms. The molecule has 0 saturated carbocycles. The van der Waals surface area contributed by atoms with Crippen LogP contribution in [0.15, 0.2) is 38.6 Å². The molecule has 247 valence electrons. The van der Waals surface area contributed by atoms with Crippen LogP contribution in [-0.4, -0.2) is 46.1 Å². The Bertz CT molecular complexity index is 1240. The summed E-state index contributed by atoms with van der Waals surface area (Å²) >= 11 is 1.73. The standard InChI is InChI=1S/C24H34N2OS.C12H24O2.Ir/c1-14-8-9-18-17-6-5-7-19(22(17)27-23(18)26-14)20-11-21-15(13-25-20)10-16(28-21)12-24(2,3)4;1-5-9(4)11(13)8-12(14)10(6-2)7-3;/h7,16-18,20,23H,5-6,8-13H2,1-4H3;8-10,12-14H,5-7H2,1-4H3;/q-2;;/b;11-8-;/t16-,17+,18?,20-,23?;9-,12+;/m10./s1/i1D3,12D2;;. The molecule has 1 radical (unpaired) electrons. The van der Waals surface area contributed by atoms with Crippen LogP contribution in [0, 0.1) is 35.5 Å². The van der Waals surface area contributed by atoms with Gasteiger partial charge in [0.2, 0.25) is 0 Å². The molecule has 7 heteroatoms. The number of fused-ring (bicyclic) bond motifs is 3. The van der Waals surface area contributed by atoms with Crippen molar-refractivity contribution >= 4 is 17.5 Å². The summed E-state index contributed by atoms with van der Waals surface area (Å²) in [6.45, 7) is 12.6. The zero-order chi connectivity index (χ0) is 34.9. The van der Waals surface area contributed by atoms with E-state index in [1.54, 1.807) is 17.8 Å². The second-order valence-electron chi connectivity index (χ2n) is 13.8. The maximum absolute atomic E-state index is 9.79. The van der Waals surface area contributed by atoms with E-state index in [1.165, 1.54) is 16.1 Å². The molecule has 0 amide bonds. The molecular weight excluding hydrogens is 733 g/mol. The summed E-state index contributed by atoms with van der Waals surface area (Å²) in [5.41, 5.74) is 2.36. The van der Waals surface area contributed by atoms with Gasteiger partial charge in [-0.3, -0.25) is 4.99 Å². The Balaban J connectivity index is 0.000000356. The third-order valence-corrected chi connectivity index (χ3v) is 10.8. The number of ether oxygens (including phenoxy) is 1. The second-order valence-corrected chi connectivity index (χ2v) is 15.1. The van der Waals surface area contributed by atoms with E-state index in [0.29, 0.717) is 30.4 Å². The SMILES string of the molecule is CCC(CC)[C@H](O)/C=C(\O)[C@@H](C)CC.[2H]C([2H])([2H])C1=NC2OC3=C([C@H]4CC5=C(C[N-]4)C[C@H](C([2H])([2H])C(C)(C)C)S5)[CH-]CC[C@H]3C2CC1.[Ir]. The van der Waals surface area contributed by atoms with Crippen molar-refractivity contribution in [3.05, 3.63) is 45.4 Å². The summed E-state index contributed by atoms with van der Waals surface area (Å²) in [4.78, 5) is 5.84. The van der Waals surface area contributed by atoms with Gasteiger partial charge in [-0.1, -0.05) is 73.3 Å². The molecule has 5 aliphatic rings. The smallest absolute Gasteiger partial charge is 0.171 e. The Hall–Kier alpha value is -0.721. The third-order valence-electron chi connectivity index (χ3n) is 9.53. The van der Waals surface area contributed by atoms with E-state index in [1.807, 2.05) is 34.6 Å². The van der Waals surface area contributed by atoms with E-state index in [0.717, 1.165) is 57.1 Å².